The van der Waals surface area contributed by atoms with E-state index in [4.69, 9.17) is 11.6 Å². The van der Waals surface area contributed by atoms with Crippen LogP contribution >= 0.6 is 11.6 Å². The van der Waals surface area contributed by atoms with Gasteiger partial charge in [0, 0.05) is 24.5 Å². The Labute approximate surface area is 81.9 Å². The minimum Gasteiger partial charge on any atom is -0.310 e. The van der Waals surface area contributed by atoms with Crippen LogP contribution in [-0.4, -0.2) is 18.8 Å². The van der Waals surface area contributed by atoms with Gasteiger partial charge in [-0.1, -0.05) is 29.8 Å². The van der Waals surface area contributed by atoms with Crippen LogP contribution in [-0.2, 0) is 6.42 Å². The molecule has 1 heterocycles. The molecule has 1 aromatic carbocycles. The van der Waals surface area contributed by atoms with Gasteiger partial charge in [0.25, 0.3) is 0 Å². The van der Waals surface area contributed by atoms with Gasteiger partial charge >= 0.3 is 0 Å². The zero-order valence-corrected chi connectivity index (χ0v) is 7.94. The summed E-state index contributed by atoms with van der Waals surface area (Å²) in [4.78, 5) is 0. The summed E-state index contributed by atoms with van der Waals surface area (Å²) in [5.74, 6) is 0. The van der Waals surface area contributed by atoms with Gasteiger partial charge in [-0.25, -0.2) is 4.39 Å². The highest BCUT2D eigenvalue weighted by atomic mass is 35.5. The third-order valence-corrected chi connectivity index (χ3v) is 2.72. The largest absolute Gasteiger partial charge is 0.310 e. The molecule has 0 aromatic heterocycles. The van der Waals surface area contributed by atoms with Crippen molar-refractivity contribution in [3.05, 3.63) is 34.9 Å². The number of alkyl halides is 1. The Kier molecular flexibility index (Phi) is 2.26. The molecule has 1 aliphatic heterocycles. The molecule has 0 atom stereocenters. The van der Waals surface area contributed by atoms with Gasteiger partial charge < -0.3 is 5.32 Å². The molecule has 1 saturated heterocycles. The summed E-state index contributed by atoms with van der Waals surface area (Å²) in [7, 11) is 0. The quantitative estimate of drug-likeness (QED) is 0.770. The van der Waals surface area contributed by atoms with Gasteiger partial charge in [0.15, 0.2) is 0 Å². The molecule has 0 unspecified atom stereocenters. The molecule has 3 heteroatoms. The Morgan fingerprint density at radius 3 is 2.62 bits per heavy atom. The van der Waals surface area contributed by atoms with E-state index in [-0.39, 0.29) is 0 Å². The van der Waals surface area contributed by atoms with Crippen molar-refractivity contribution in [1.29, 1.82) is 0 Å². The molecule has 0 saturated carbocycles. The predicted molar refractivity (Wildman–Crippen MR) is 51.9 cm³/mol. The summed E-state index contributed by atoms with van der Waals surface area (Å²) >= 11 is 5.92. The van der Waals surface area contributed by atoms with Crippen LogP contribution in [0, 0.1) is 0 Å². The van der Waals surface area contributed by atoms with Gasteiger partial charge in [-0.15, -0.1) is 0 Å². The van der Waals surface area contributed by atoms with E-state index in [0.29, 0.717) is 24.5 Å². The van der Waals surface area contributed by atoms with Crippen molar-refractivity contribution in [2.45, 2.75) is 12.1 Å². The Hall–Kier alpha value is -0.600. The van der Waals surface area contributed by atoms with Crippen molar-refractivity contribution >= 4 is 11.6 Å². The first-order valence-electron chi connectivity index (χ1n) is 4.33. The van der Waals surface area contributed by atoms with E-state index >= 15 is 0 Å². The number of rotatable bonds is 2. The number of nitrogens with one attached hydrogen (secondary N) is 1. The lowest BCUT2D eigenvalue weighted by Crippen LogP contribution is -2.57. The van der Waals surface area contributed by atoms with Crippen LogP contribution in [0.5, 0.6) is 0 Å². The van der Waals surface area contributed by atoms with Crippen LogP contribution in [0.2, 0.25) is 5.02 Å². The zero-order valence-electron chi connectivity index (χ0n) is 7.19. The molecular formula is C10H11ClFN. The Bertz CT molecular complexity index is 310. The van der Waals surface area contributed by atoms with Crippen LogP contribution in [0.3, 0.4) is 0 Å². The summed E-state index contributed by atoms with van der Waals surface area (Å²) in [6.07, 6.45) is 0.416. The molecule has 1 aliphatic rings. The van der Waals surface area contributed by atoms with E-state index in [9.17, 15) is 4.39 Å². The molecule has 1 fully saturated rings. The molecule has 0 bridgehead atoms. The third-order valence-electron chi connectivity index (χ3n) is 2.35. The van der Waals surface area contributed by atoms with Crippen molar-refractivity contribution in [1.82, 2.24) is 5.32 Å². The second kappa shape index (κ2) is 3.28. The minimum absolute atomic E-state index is 0.416. The predicted octanol–water partition coefficient (Wildman–Crippen LogP) is 2.19. The standard InChI is InChI=1S/C10H11ClFN/c11-9-4-2-1-3-8(9)5-10(12)6-13-7-10/h1-4,13H,5-7H2. The van der Waals surface area contributed by atoms with Crippen molar-refractivity contribution in [2.75, 3.05) is 13.1 Å². The van der Waals surface area contributed by atoms with Crippen LogP contribution < -0.4 is 5.32 Å². The van der Waals surface area contributed by atoms with E-state index in [1.807, 2.05) is 18.2 Å². The van der Waals surface area contributed by atoms with Gasteiger partial charge in [0.2, 0.25) is 0 Å². The minimum atomic E-state index is -1.08. The van der Waals surface area contributed by atoms with Crippen LogP contribution in [0.25, 0.3) is 0 Å². The van der Waals surface area contributed by atoms with Gasteiger partial charge in [-0.3, -0.25) is 0 Å². The molecule has 13 heavy (non-hydrogen) atoms. The third kappa shape index (κ3) is 1.84. The van der Waals surface area contributed by atoms with Crippen molar-refractivity contribution in [2.24, 2.45) is 0 Å². The number of hydrogen-bond donors (Lipinski definition) is 1. The lowest BCUT2D eigenvalue weighted by molar-refractivity contribution is 0.0912. The topological polar surface area (TPSA) is 12.0 Å². The SMILES string of the molecule is FC1(Cc2ccccc2Cl)CNC1. The second-order valence-corrected chi connectivity index (χ2v) is 3.93. The molecule has 70 valence electrons. The van der Waals surface area contributed by atoms with E-state index in [1.165, 1.54) is 0 Å². The summed E-state index contributed by atoms with van der Waals surface area (Å²) < 4.78 is 13.7. The normalized spacial score (nSPS) is 19.5. The Morgan fingerprint density at radius 1 is 1.38 bits per heavy atom. The number of benzene rings is 1. The highest BCUT2D eigenvalue weighted by molar-refractivity contribution is 6.31. The summed E-state index contributed by atoms with van der Waals surface area (Å²) in [5, 5.41) is 3.58. The molecule has 0 amide bonds. The van der Waals surface area contributed by atoms with Crippen molar-refractivity contribution < 1.29 is 4.39 Å². The average molecular weight is 200 g/mol. The number of halogens is 2. The highest BCUT2D eigenvalue weighted by Gasteiger charge is 2.37. The van der Waals surface area contributed by atoms with Gasteiger partial charge in [0.05, 0.1) is 0 Å². The number of hydrogen-bond acceptors (Lipinski definition) is 1. The fourth-order valence-electron chi connectivity index (χ4n) is 1.50. The fourth-order valence-corrected chi connectivity index (χ4v) is 1.71. The lowest BCUT2D eigenvalue weighted by atomic mass is 9.91. The Morgan fingerprint density at radius 2 is 2.08 bits per heavy atom. The highest BCUT2D eigenvalue weighted by Crippen LogP contribution is 2.26. The molecule has 1 nitrogen and oxygen atoms in total. The molecule has 1 aromatic rings. The van der Waals surface area contributed by atoms with Crippen LogP contribution in [0.1, 0.15) is 5.56 Å². The molecular weight excluding hydrogens is 189 g/mol. The first-order valence-corrected chi connectivity index (χ1v) is 4.70. The molecule has 0 aliphatic carbocycles. The lowest BCUT2D eigenvalue weighted by Gasteiger charge is -2.35. The average Bonchev–Trinajstić information content (AvgIpc) is 2.06. The van der Waals surface area contributed by atoms with E-state index in [0.717, 1.165) is 5.56 Å². The van der Waals surface area contributed by atoms with Crippen LogP contribution in [0.15, 0.2) is 24.3 Å². The first-order chi connectivity index (χ1) is 6.20. The molecule has 1 N–H and O–H groups in total. The smallest absolute Gasteiger partial charge is 0.139 e. The van der Waals surface area contributed by atoms with Gasteiger partial charge in [-0.2, -0.15) is 0 Å². The molecule has 2 rings (SSSR count). The van der Waals surface area contributed by atoms with Gasteiger partial charge in [-0.05, 0) is 11.6 Å². The Balaban J connectivity index is 2.13. The maximum Gasteiger partial charge on any atom is 0.139 e. The van der Waals surface area contributed by atoms with Crippen LogP contribution in [0.4, 0.5) is 4.39 Å². The zero-order chi connectivity index (χ0) is 9.31. The fraction of sp³-hybridized carbons (Fsp3) is 0.400. The van der Waals surface area contributed by atoms with Crippen molar-refractivity contribution in [3.63, 3.8) is 0 Å². The van der Waals surface area contributed by atoms with E-state index < -0.39 is 5.67 Å². The molecule has 0 spiro atoms. The van der Waals surface area contributed by atoms with E-state index in [1.54, 1.807) is 6.07 Å². The summed E-state index contributed by atoms with van der Waals surface area (Å²) in [6.45, 7) is 0.885. The van der Waals surface area contributed by atoms with Gasteiger partial charge in [0.1, 0.15) is 5.67 Å². The summed E-state index contributed by atoms with van der Waals surface area (Å²) in [6, 6.07) is 7.42. The maximum absolute atomic E-state index is 13.7. The first kappa shape index (κ1) is 8.97. The molecule has 0 radical (unpaired) electrons. The van der Waals surface area contributed by atoms with E-state index in [2.05, 4.69) is 5.32 Å². The van der Waals surface area contributed by atoms with Crippen molar-refractivity contribution in [3.8, 4) is 0 Å². The second-order valence-electron chi connectivity index (χ2n) is 3.52. The maximum atomic E-state index is 13.7. The summed E-state index contributed by atoms with van der Waals surface area (Å²) in [5.41, 5.74) is -0.182. The monoisotopic (exact) mass is 199 g/mol.